The van der Waals surface area contributed by atoms with Gasteiger partial charge in [-0.1, -0.05) is 74.0 Å². The third kappa shape index (κ3) is 5.98. The standard InChI is InChI=1S/C29H30ClN3O2/c1-3-5-28(35)31-19-21-8-13-23(14-9-21)22-11-6-20(7-12-22)10-15-26(34)29-25(4-2)32-27-18-24(30)16-17-33(27)29/h6-9,11-14,16-18H,3-5,10,15,19H2,1-2H3,(H,31,35). The van der Waals surface area contributed by atoms with Crippen molar-refractivity contribution in [2.24, 2.45) is 0 Å². The number of carbonyl (C=O) groups excluding carboxylic acids is 2. The van der Waals surface area contributed by atoms with Crippen LogP contribution in [0.25, 0.3) is 16.8 Å². The number of benzene rings is 2. The molecule has 0 saturated carbocycles. The summed E-state index contributed by atoms with van der Waals surface area (Å²) in [7, 11) is 0. The molecule has 0 spiro atoms. The maximum absolute atomic E-state index is 13.1. The third-order valence-electron chi connectivity index (χ3n) is 6.11. The molecule has 180 valence electrons. The van der Waals surface area contributed by atoms with E-state index in [9.17, 15) is 9.59 Å². The molecule has 0 radical (unpaired) electrons. The van der Waals surface area contributed by atoms with Gasteiger partial charge < -0.3 is 5.32 Å². The van der Waals surface area contributed by atoms with Gasteiger partial charge in [0.15, 0.2) is 5.78 Å². The number of rotatable bonds is 10. The van der Waals surface area contributed by atoms with Crippen LogP contribution in [0.2, 0.25) is 5.02 Å². The number of carbonyl (C=O) groups is 2. The lowest BCUT2D eigenvalue weighted by Gasteiger charge is -2.08. The molecule has 5 nitrogen and oxygen atoms in total. The molecule has 4 rings (SSSR count). The molecular weight excluding hydrogens is 458 g/mol. The Kier molecular flexibility index (Phi) is 7.98. The predicted octanol–water partition coefficient (Wildman–Crippen LogP) is 6.45. The number of ketones is 1. The molecule has 0 aliphatic rings. The molecule has 0 aliphatic heterocycles. The van der Waals surface area contributed by atoms with E-state index in [-0.39, 0.29) is 11.7 Å². The Balaban J connectivity index is 1.38. The van der Waals surface area contributed by atoms with Gasteiger partial charge in [0, 0.05) is 36.7 Å². The van der Waals surface area contributed by atoms with Crippen molar-refractivity contribution in [3.05, 3.63) is 94.4 Å². The zero-order valence-corrected chi connectivity index (χ0v) is 20.9. The predicted molar refractivity (Wildman–Crippen MR) is 141 cm³/mol. The number of nitrogens with one attached hydrogen (secondary N) is 1. The highest BCUT2D eigenvalue weighted by atomic mass is 35.5. The monoisotopic (exact) mass is 487 g/mol. The Labute approximate surface area is 211 Å². The van der Waals surface area contributed by atoms with Gasteiger partial charge in [-0.05, 0) is 47.6 Å². The average molecular weight is 488 g/mol. The zero-order valence-electron chi connectivity index (χ0n) is 20.2. The van der Waals surface area contributed by atoms with Crippen LogP contribution in [0.5, 0.6) is 0 Å². The second-order valence-corrected chi connectivity index (χ2v) is 9.11. The average Bonchev–Trinajstić information content (AvgIpc) is 3.24. The molecule has 0 unspecified atom stereocenters. The van der Waals surface area contributed by atoms with Crippen molar-refractivity contribution in [2.45, 2.75) is 52.5 Å². The largest absolute Gasteiger partial charge is 0.352 e. The number of fused-ring (bicyclic) bond motifs is 1. The Bertz CT molecular complexity index is 1320. The smallest absolute Gasteiger partial charge is 0.220 e. The minimum absolute atomic E-state index is 0.0855. The summed E-state index contributed by atoms with van der Waals surface area (Å²) in [4.78, 5) is 29.3. The van der Waals surface area contributed by atoms with Crippen LogP contribution in [0, 0.1) is 0 Å². The highest BCUT2D eigenvalue weighted by Gasteiger charge is 2.18. The summed E-state index contributed by atoms with van der Waals surface area (Å²) < 4.78 is 1.84. The summed E-state index contributed by atoms with van der Waals surface area (Å²) in [6, 6.07) is 20.1. The molecule has 4 aromatic rings. The number of aryl methyl sites for hydroxylation is 2. The maximum atomic E-state index is 13.1. The third-order valence-corrected chi connectivity index (χ3v) is 6.34. The fraction of sp³-hybridized carbons (Fsp3) is 0.276. The van der Waals surface area contributed by atoms with Crippen LogP contribution < -0.4 is 5.32 Å². The van der Waals surface area contributed by atoms with E-state index in [0.29, 0.717) is 48.6 Å². The van der Waals surface area contributed by atoms with Gasteiger partial charge in [0.25, 0.3) is 0 Å². The molecule has 2 aromatic carbocycles. The highest BCUT2D eigenvalue weighted by molar-refractivity contribution is 6.30. The second kappa shape index (κ2) is 11.3. The van der Waals surface area contributed by atoms with Crippen LogP contribution in [0.15, 0.2) is 66.9 Å². The molecule has 1 amide bonds. The fourth-order valence-corrected chi connectivity index (χ4v) is 4.34. The summed E-state index contributed by atoms with van der Waals surface area (Å²) in [5.41, 5.74) is 6.60. The van der Waals surface area contributed by atoms with Gasteiger partial charge in [-0.2, -0.15) is 0 Å². The first-order valence-electron chi connectivity index (χ1n) is 12.1. The normalized spacial score (nSPS) is 11.1. The van der Waals surface area contributed by atoms with Crippen LogP contribution in [-0.4, -0.2) is 21.1 Å². The van der Waals surface area contributed by atoms with Gasteiger partial charge in [-0.3, -0.25) is 14.0 Å². The van der Waals surface area contributed by atoms with E-state index in [0.717, 1.165) is 34.4 Å². The van der Waals surface area contributed by atoms with Gasteiger partial charge in [0.1, 0.15) is 11.3 Å². The first kappa shape index (κ1) is 24.7. The van der Waals surface area contributed by atoms with Crippen molar-refractivity contribution in [1.29, 1.82) is 0 Å². The number of aromatic nitrogens is 2. The Morgan fingerprint density at radius 2 is 1.57 bits per heavy atom. The number of hydrogen-bond donors (Lipinski definition) is 1. The molecule has 0 fully saturated rings. The second-order valence-electron chi connectivity index (χ2n) is 8.68. The molecule has 1 N–H and O–H groups in total. The number of halogens is 1. The first-order valence-corrected chi connectivity index (χ1v) is 12.5. The summed E-state index contributed by atoms with van der Waals surface area (Å²) in [5.74, 6) is 0.171. The molecule has 6 heteroatoms. The number of pyridine rings is 1. The van der Waals surface area contributed by atoms with Crippen molar-refractivity contribution < 1.29 is 9.59 Å². The summed E-state index contributed by atoms with van der Waals surface area (Å²) in [6.45, 7) is 4.55. The van der Waals surface area contributed by atoms with E-state index in [1.54, 1.807) is 12.1 Å². The lowest BCUT2D eigenvalue weighted by molar-refractivity contribution is -0.121. The van der Waals surface area contributed by atoms with E-state index < -0.39 is 0 Å². The van der Waals surface area contributed by atoms with E-state index in [4.69, 9.17) is 11.6 Å². The molecule has 0 bridgehead atoms. The number of imidazole rings is 1. The van der Waals surface area contributed by atoms with Gasteiger partial charge in [0.05, 0.1) is 5.69 Å². The summed E-state index contributed by atoms with van der Waals surface area (Å²) >= 11 is 6.09. The topological polar surface area (TPSA) is 63.5 Å². The molecule has 2 heterocycles. The van der Waals surface area contributed by atoms with E-state index in [2.05, 4.69) is 46.7 Å². The van der Waals surface area contributed by atoms with Gasteiger partial charge in [0.2, 0.25) is 5.91 Å². The van der Waals surface area contributed by atoms with E-state index >= 15 is 0 Å². The van der Waals surface area contributed by atoms with Crippen LogP contribution in [0.4, 0.5) is 0 Å². The number of Topliss-reactive ketones (excluding diaryl/α,β-unsaturated/α-hetero) is 1. The first-order chi connectivity index (χ1) is 17.0. The van der Waals surface area contributed by atoms with Crippen LogP contribution in [0.1, 0.15) is 60.4 Å². The Morgan fingerprint density at radius 3 is 2.20 bits per heavy atom. The highest BCUT2D eigenvalue weighted by Crippen LogP contribution is 2.23. The fourth-order valence-electron chi connectivity index (χ4n) is 4.18. The number of hydrogen-bond acceptors (Lipinski definition) is 3. The van der Waals surface area contributed by atoms with Crippen LogP contribution in [-0.2, 0) is 24.2 Å². The number of amides is 1. The minimum atomic E-state index is 0.0855. The van der Waals surface area contributed by atoms with Crippen molar-refractivity contribution in [3.63, 3.8) is 0 Å². The van der Waals surface area contributed by atoms with Crippen molar-refractivity contribution in [2.75, 3.05) is 0 Å². The van der Waals surface area contributed by atoms with Crippen LogP contribution >= 0.6 is 11.6 Å². The Hall–Kier alpha value is -3.44. The Morgan fingerprint density at radius 1 is 0.914 bits per heavy atom. The quantitative estimate of drug-likeness (QED) is 0.261. The van der Waals surface area contributed by atoms with Gasteiger partial charge in [-0.25, -0.2) is 4.98 Å². The van der Waals surface area contributed by atoms with Gasteiger partial charge in [-0.15, -0.1) is 0 Å². The van der Waals surface area contributed by atoms with Crippen molar-refractivity contribution >= 4 is 28.9 Å². The van der Waals surface area contributed by atoms with Gasteiger partial charge >= 0.3 is 0 Å². The lowest BCUT2D eigenvalue weighted by Crippen LogP contribution is -2.21. The lowest BCUT2D eigenvalue weighted by atomic mass is 9.99. The molecule has 0 saturated heterocycles. The molecular formula is C29H30ClN3O2. The van der Waals surface area contributed by atoms with Crippen molar-refractivity contribution in [1.82, 2.24) is 14.7 Å². The maximum Gasteiger partial charge on any atom is 0.220 e. The van der Waals surface area contributed by atoms with Crippen molar-refractivity contribution in [3.8, 4) is 11.1 Å². The summed E-state index contributed by atoms with van der Waals surface area (Å²) in [5, 5.41) is 3.55. The zero-order chi connectivity index (χ0) is 24.8. The van der Waals surface area contributed by atoms with E-state index in [1.165, 1.54) is 0 Å². The molecule has 2 aromatic heterocycles. The van der Waals surface area contributed by atoms with Crippen LogP contribution in [0.3, 0.4) is 0 Å². The molecule has 35 heavy (non-hydrogen) atoms. The molecule has 0 atom stereocenters. The molecule has 0 aliphatic carbocycles. The summed E-state index contributed by atoms with van der Waals surface area (Å²) in [6.07, 6.45) is 5.00. The number of nitrogens with zero attached hydrogens (tertiary/aromatic N) is 2. The SMILES string of the molecule is CCCC(=O)NCc1ccc(-c2ccc(CCC(=O)c3c(CC)nc4cc(Cl)ccn34)cc2)cc1. The van der Waals surface area contributed by atoms with E-state index in [1.807, 2.05) is 36.6 Å². The minimum Gasteiger partial charge on any atom is -0.352 e.